The molecule has 0 aliphatic carbocycles. The molecule has 0 aromatic rings. The molecule has 1 fully saturated rings. The second kappa shape index (κ2) is 5.42. The largest absolute Gasteiger partial charge is 0.394 e. The van der Waals surface area contributed by atoms with E-state index < -0.39 is 37.3 Å². The minimum absolute atomic E-state index is 0.107. The van der Waals surface area contributed by atoms with Crippen LogP contribution >= 0.6 is 0 Å². The van der Waals surface area contributed by atoms with Gasteiger partial charge in [0.25, 0.3) is 0 Å². The van der Waals surface area contributed by atoms with Crippen LogP contribution in [0.1, 0.15) is 0 Å². The highest BCUT2D eigenvalue weighted by Gasteiger charge is 2.44. The van der Waals surface area contributed by atoms with Crippen LogP contribution in [-0.4, -0.2) is 64.3 Å². The Bertz CT molecular complexity index is 237. The average Bonchev–Trinajstić information content (AvgIpc) is 2.23. The van der Waals surface area contributed by atoms with Crippen LogP contribution in [0.4, 0.5) is 0 Å². The van der Waals surface area contributed by atoms with Crippen LogP contribution in [0.5, 0.6) is 0 Å². The molecule has 0 spiro atoms. The van der Waals surface area contributed by atoms with Gasteiger partial charge in [0.15, 0.2) is 6.29 Å². The molecule has 0 amide bonds. The van der Waals surface area contributed by atoms with Gasteiger partial charge in [0.05, 0.1) is 6.61 Å². The lowest BCUT2D eigenvalue weighted by Gasteiger charge is -2.39. The van der Waals surface area contributed by atoms with E-state index in [2.05, 4.69) is 5.92 Å². The predicted molar refractivity (Wildman–Crippen MR) is 48.6 cm³/mol. The van der Waals surface area contributed by atoms with Gasteiger partial charge in [-0.3, -0.25) is 0 Å². The third-order valence-electron chi connectivity index (χ3n) is 2.20. The number of hydrogen-bond acceptors (Lipinski definition) is 6. The normalized spacial score (nSPS) is 41.1. The summed E-state index contributed by atoms with van der Waals surface area (Å²) in [6.45, 7) is -0.593. The van der Waals surface area contributed by atoms with Crippen molar-refractivity contribution in [2.24, 2.45) is 0 Å². The molecule has 1 heterocycles. The van der Waals surface area contributed by atoms with Gasteiger partial charge in [-0.15, -0.1) is 6.42 Å². The van der Waals surface area contributed by atoms with Gasteiger partial charge < -0.3 is 29.9 Å². The number of terminal acetylenes is 1. The lowest BCUT2D eigenvalue weighted by Crippen LogP contribution is -2.59. The molecule has 6 nitrogen and oxygen atoms in total. The summed E-state index contributed by atoms with van der Waals surface area (Å²) in [7, 11) is 0. The molecule has 0 aromatic carbocycles. The Labute approximate surface area is 87.1 Å². The van der Waals surface area contributed by atoms with Gasteiger partial charge in [-0.25, -0.2) is 0 Å². The van der Waals surface area contributed by atoms with Crippen LogP contribution in [0.2, 0.25) is 0 Å². The van der Waals surface area contributed by atoms with Gasteiger partial charge in [0.1, 0.15) is 31.0 Å². The number of aliphatic hydroxyl groups is 4. The van der Waals surface area contributed by atoms with Gasteiger partial charge >= 0.3 is 0 Å². The summed E-state index contributed by atoms with van der Waals surface area (Å²) >= 11 is 0. The Kier molecular flexibility index (Phi) is 4.47. The van der Waals surface area contributed by atoms with E-state index >= 15 is 0 Å². The van der Waals surface area contributed by atoms with Crippen LogP contribution in [-0.2, 0) is 9.47 Å². The maximum atomic E-state index is 9.59. The standard InChI is InChI=1S/C9H14O6/c1-2-3-14-8-6(11)5(4-10)15-9(13)7(8)12/h1,5-13H,3-4H2/t5-,6+,7-,8+,9+/m1/s1. The molecule has 0 aromatic heterocycles. The van der Waals surface area contributed by atoms with Gasteiger partial charge in [-0.1, -0.05) is 5.92 Å². The summed E-state index contributed by atoms with van der Waals surface area (Å²) in [5.74, 6) is 2.17. The van der Waals surface area contributed by atoms with Crippen molar-refractivity contribution in [2.45, 2.75) is 30.7 Å². The molecule has 15 heavy (non-hydrogen) atoms. The molecule has 1 saturated heterocycles. The molecular formula is C9H14O6. The lowest BCUT2D eigenvalue weighted by molar-refractivity contribution is -0.292. The first-order chi connectivity index (χ1) is 7.11. The maximum absolute atomic E-state index is 9.59. The second-order valence-electron chi connectivity index (χ2n) is 3.21. The molecular weight excluding hydrogens is 204 g/mol. The highest BCUT2D eigenvalue weighted by atomic mass is 16.6. The molecule has 0 unspecified atom stereocenters. The fourth-order valence-corrected chi connectivity index (χ4v) is 1.41. The SMILES string of the molecule is C#CCO[C@@H]1[C@@H](O)[C@@H](O)O[C@H](CO)[C@@H]1O. The third kappa shape index (κ3) is 2.66. The molecule has 5 atom stereocenters. The van der Waals surface area contributed by atoms with Crippen LogP contribution in [0.25, 0.3) is 0 Å². The molecule has 6 heteroatoms. The van der Waals surface area contributed by atoms with E-state index in [1.807, 2.05) is 0 Å². The van der Waals surface area contributed by atoms with Gasteiger partial charge in [0.2, 0.25) is 0 Å². The Morgan fingerprint density at radius 2 is 1.93 bits per heavy atom. The molecule has 1 aliphatic rings. The van der Waals surface area contributed by atoms with E-state index in [9.17, 15) is 15.3 Å². The summed E-state index contributed by atoms with van der Waals surface area (Å²) in [4.78, 5) is 0. The van der Waals surface area contributed by atoms with Crippen LogP contribution < -0.4 is 0 Å². The summed E-state index contributed by atoms with van der Waals surface area (Å²) in [5.41, 5.74) is 0. The zero-order chi connectivity index (χ0) is 11.4. The zero-order valence-electron chi connectivity index (χ0n) is 7.98. The molecule has 86 valence electrons. The Hall–Kier alpha value is -0.680. The van der Waals surface area contributed by atoms with Gasteiger partial charge in [-0.2, -0.15) is 0 Å². The van der Waals surface area contributed by atoms with E-state index in [-0.39, 0.29) is 6.61 Å². The quantitative estimate of drug-likeness (QED) is 0.389. The first-order valence-electron chi connectivity index (χ1n) is 4.47. The lowest BCUT2D eigenvalue weighted by atomic mass is 9.99. The van der Waals surface area contributed by atoms with Crippen LogP contribution in [0, 0.1) is 12.3 Å². The number of rotatable bonds is 3. The smallest absolute Gasteiger partial charge is 0.184 e. The summed E-state index contributed by atoms with van der Waals surface area (Å²) < 4.78 is 9.72. The molecule has 1 aliphatic heterocycles. The first kappa shape index (κ1) is 12.4. The first-order valence-corrected chi connectivity index (χ1v) is 4.47. The molecule has 0 radical (unpaired) electrons. The van der Waals surface area contributed by atoms with Crippen molar-refractivity contribution in [2.75, 3.05) is 13.2 Å². The summed E-state index contributed by atoms with van der Waals surface area (Å²) in [6.07, 6.45) is -1.24. The molecule has 1 rings (SSSR count). The predicted octanol–water partition coefficient (Wildman–Crippen LogP) is -2.56. The Balaban J connectivity index is 2.67. The maximum Gasteiger partial charge on any atom is 0.184 e. The van der Waals surface area contributed by atoms with Crippen molar-refractivity contribution < 1.29 is 29.9 Å². The Morgan fingerprint density at radius 1 is 1.27 bits per heavy atom. The van der Waals surface area contributed by atoms with E-state index in [0.29, 0.717) is 0 Å². The molecule has 4 N–H and O–H groups in total. The highest BCUT2D eigenvalue weighted by molar-refractivity contribution is 4.92. The molecule has 0 saturated carbocycles. The van der Waals surface area contributed by atoms with E-state index in [0.717, 1.165) is 0 Å². The highest BCUT2D eigenvalue weighted by Crippen LogP contribution is 2.21. The second-order valence-corrected chi connectivity index (χ2v) is 3.21. The van der Waals surface area contributed by atoms with Gasteiger partial charge in [0, 0.05) is 0 Å². The number of ether oxygens (including phenoxy) is 2. The minimum Gasteiger partial charge on any atom is -0.394 e. The van der Waals surface area contributed by atoms with E-state index in [1.165, 1.54) is 0 Å². The minimum atomic E-state index is -1.51. The fraction of sp³-hybridized carbons (Fsp3) is 0.778. The van der Waals surface area contributed by atoms with Crippen molar-refractivity contribution in [3.8, 4) is 12.3 Å². The average molecular weight is 218 g/mol. The van der Waals surface area contributed by atoms with Crippen molar-refractivity contribution in [1.82, 2.24) is 0 Å². The van der Waals surface area contributed by atoms with Crippen LogP contribution in [0.3, 0.4) is 0 Å². The van der Waals surface area contributed by atoms with Crippen LogP contribution in [0.15, 0.2) is 0 Å². The van der Waals surface area contributed by atoms with Crippen molar-refractivity contribution in [3.63, 3.8) is 0 Å². The zero-order valence-corrected chi connectivity index (χ0v) is 7.98. The monoisotopic (exact) mass is 218 g/mol. The van der Waals surface area contributed by atoms with E-state index in [4.69, 9.17) is 21.0 Å². The van der Waals surface area contributed by atoms with Crippen molar-refractivity contribution in [3.05, 3.63) is 0 Å². The number of hydrogen-bond donors (Lipinski definition) is 4. The fourth-order valence-electron chi connectivity index (χ4n) is 1.41. The topological polar surface area (TPSA) is 99.4 Å². The summed E-state index contributed by atoms with van der Waals surface area (Å²) in [6, 6.07) is 0. The molecule has 0 bridgehead atoms. The Morgan fingerprint density at radius 3 is 2.47 bits per heavy atom. The summed E-state index contributed by atoms with van der Waals surface area (Å²) in [5, 5.41) is 37.1. The van der Waals surface area contributed by atoms with Gasteiger partial charge in [-0.05, 0) is 0 Å². The van der Waals surface area contributed by atoms with Crippen molar-refractivity contribution in [1.29, 1.82) is 0 Å². The number of aliphatic hydroxyl groups excluding tert-OH is 4. The third-order valence-corrected chi connectivity index (χ3v) is 2.20. The van der Waals surface area contributed by atoms with E-state index in [1.54, 1.807) is 0 Å². The van der Waals surface area contributed by atoms with Crippen molar-refractivity contribution >= 4 is 0 Å².